The Kier molecular flexibility index (Phi) is 58.3. The molecule has 0 rings (SSSR count). The summed E-state index contributed by atoms with van der Waals surface area (Å²) in [5.74, 6) is -0.912. The molecule has 0 radical (unpaired) electrons. The largest absolute Gasteiger partial charge is 0.462 e. The van der Waals surface area contributed by atoms with E-state index >= 15 is 0 Å². The zero-order valence-electron chi connectivity index (χ0n) is 48.1. The molecular formula is C67H116O6. The van der Waals surface area contributed by atoms with E-state index in [0.29, 0.717) is 19.3 Å². The fraction of sp³-hybridized carbons (Fsp3) is 0.746. The maximum atomic E-state index is 12.9. The van der Waals surface area contributed by atoms with Crippen LogP contribution in [0.4, 0.5) is 0 Å². The summed E-state index contributed by atoms with van der Waals surface area (Å²) in [6.45, 7) is 6.51. The van der Waals surface area contributed by atoms with Gasteiger partial charge in [-0.1, -0.05) is 273 Å². The van der Waals surface area contributed by atoms with E-state index in [4.69, 9.17) is 14.2 Å². The van der Waals surface area contributed by atoms with E-state index in [0.717, 1.165) is 103 Å². The van der Waals surface area contributed by atoms with Gasteiger partial charge in [-0.15, -0.1) is 0 Å². The van der Waals surface area contributed by atoms with E-state index in [1.807, 2.05) is 0 Å². The van der Waals surface area contributed by atoms with E-state index in [1.54, 1.807) is 0 Å². The normalized spacial score (nSPS) is 12.6. The van der Waals surface area contributed by atoms with Crippen molar-refractivity contribution in [3.63, 3.8) is 0 Å². The van der Waals surface area contributed by atoms with Gasteiger partial charge < -0.3 is 14.2 Å². The molecule has 6 nitrogen and oxygen atoms in total. The Morgan fingerprint density at radius 3 is 0.877 bits per heavy atom. The average molecular weight is 1020 g/mol. The fourth-order valence-electron chi connectivity index (χ4n) is 8.74. The average Bonchev–Trinajstić information content (AvgIpc) is 3.39. The molecule has 0 aliphatic heterocycles. The summed E-state index contributed by atoms with van der Waals surface area (Å²) < 4.78 is 16.9. The number of ether oxygens (including phenoxy) is 3. The molecule has 0 aromatic carbocycles. The van der Waals surface area contributed by atoms with Gasteiger partial charge >= 0.3 is 17.9 Å². The summed E-state index contributed by atoms with van der Waals surface area (Å²) in [4.78, 5) is 38.3. The molecule has 1 atom stereocenters. The van der Waals surface area contributed by atoms with Gasteiger partial charge in [0.25, 0.3) is 0 Å². The van der Waals surface area contributed by atoms with Crippen LogP contribution in [0.3, 0.4) is 0 Å². The Morgan fingerprint density at radius 2 is 0.534 bits per heavy atom. The number of hydrogen-bond donors (Lipinski definition) is 0. The summed E-state index contributed by atoms with van der Waals surface area (Å²) >= 11 is 0. The molecule has 0 aromatic heterocycles. The van der Waals surface area contributed by atoms with Crippen LogP contribution in [0.5, 0.6) is 0 Å². The van der Waals surface area contributed by atoms with Crippen molar-refractivity contribution in [3.05, 3.63) is 85.1 Å². The lowest BCUT2D eigenvalue weighted by Crippen LogP contribution is -2.30. The molecular weight excluding hydrogens is 901 g/mol. The molecule has 0 bridgehead atoms. The Morgan fingerprint density at radius 1 is 0.288 bits per heavy atom. The van der Waals surface area contributed by atoms with Crippen LogP contribution >= 0.6 is 0 Å². The van der Waals surface area contributed by atoms with Crippen LogP contribution < -0.4 is 0 Å². The first-order valence-corrected chi connectivity index (χ1v) is 31.1. The smallest absolute Gasteiger partial charge is 0.306 e. The second-order valence-corrected chi connectivity index (χ2v) is 20.6. The third-order valence-electron chi connectivity index (χ3n) is 13.4. The van der Waals surface area contributed by atoms with Crippen LogP contribution in [0.1, 0.15) is 303 Å². The van der Waals surface area contributed by atoms with Crippen molar-refractivity contribution < 1.29 is 28.6 Å². The van der Waals surface area contributed by atoms with E-state index in [2.05, 4.69) is 106 Å². The molecule has 73 heavy (non-hydrogen) atoms. The van der Waals surface area contributed by atoms with E-state index in [-0.39, 0.29) is 31.1 Å². The molecule has 0 fully saturated rings. The topological polar surface area (TPSA) is 78.9 Å². The first-order valence-electron chi connectivity index (χ1n) is 31.1. The van der Waals surface area contributed by atoms with Crippen molar-refractivity contribution >= 4 is 17.9 Å². The quantitative estimate of drug-likeness (QED) is 0.0261. The minimum Gasteiger partial charge on any atom is -0.462 e. The Bertz CT molecular complexity index is 1400. The van der Waals surface area contributed by atoms with Crippen LogP contribution in [0.15, 0.2) is 85.1 Å². The number of allylic oxidation sites excluding steroid dienone is 14. The SMILES string of the molecule is CC/C=C\C/C=C\C/C=C\C/C=C\C/C=C\CCCCCC(=O)OC[C@@H](COC(=O)CCCCCCCCCCCCCCCCCCC)OC(=O)CCCCCCCCCCC/C=C\C/C=C\CCCCC. The summed E-state index contributed by atoms with van der Waals surface area (Å²) in [7, 11) is 0. The number of esters is 3. The molecule has 0 spiro atoms. The number of rotatable bonds is 56. The number of hydrogen-bond acceptors (Lipinski definition) is 6. The number of unbranched alkanes of at least 4 members (excludes halogenated alkanes) is 31. The molecule has 0 aliphatic rings. The zero-order chi connectivity index (χ0) is 52.9. The minimum atomic E-state index is -0.793. The van der Waals surface area contributed by atoms with Crippen molar-refractivity contribution in [2.75, 3.05) is 13.2 Å². The predicted octanol–water partition coefficient (Wildman–Crippen LogP) is 21.1. The van der Waals surface area contributed by atoms with Gasteiger partial charge in [0.15, 0.2) is 6.10 Å². The highest BCUT2D eigenvalue weighted by atomic mass is 16.6. The third-order valence-corrected chi connectivity index (χ3v) is 13.4. The standard InChI is InChI=1S/C67H116O6/c1-4-7-10-13-16-19-22-25-28-31-33-36-39-42-45-48-51-54-57-60-66(69)72-63-64(62-71-65(68)59-56-53-50-47-44-41-38-35-30-27-24-21-18-15-12-9-6-3)73-67(70)61-58-55-52-49-46-43-40-37-34-32-29-26-23-20-17-14-11-8-5-2/h7,10,16-17,19-20,25-26,28-29,33,36,42,45,64H,4-6,8-9,11-15,18,21-24,27,30-32,34-35,37-41,43-44,46-63H2,1-3H3/b10-7-,19-16-,20-17-,28-25-,29-26-,36-33-,45-42-/t64-/m1/s1. The fourth-order valence-corrected chi connectivity index (χ4v) is 8.74. The van der Waals surface area contributed by atoms with Crippen LogP contribution in [-0.2, 0) is 28.6 Å². The molecule has 0 aliphatic carbocycles. The zero-order valence-corrected chi connectivity index (χ0v) is 48.1. The molecule has 0 saturated carbocycles. The second-order valence-electron chi connectivity index (χ2n) is 20.6. The molecule has 0 aromatic rings. The van der Waals surface area contributed by atoms with Crippen molar-refractivity contribution in [2.24, 2.45) is 0 Å². The highest BCUT2D eigenvalue weighted by Gasteiger charge is 2.19. The minimum absolute atomic E-state index is 0.0864. The predicted molar refractivity (Wildman–Crippen MR) is 316 cm³/mol. The monoisotopic (exact) mass is 1020 g/mol. The van der Waals surface area contributed by atoms with Gasteiger partial charge in [-0.25, -0.2) is 0 Å². The first-order chi connectivity index (χ1) is 36.0. The van der Waals surface area contributed by atoms with E-state index in [1.165, 1.54) is 161 Å². The van der Waals surface area contributed by atoms with Crippen LogP contribution in [0.25, 0.3) is 0 Å². The van der Waals surface area contributed by atoms with Crippen molar-refractivity contribution in [2.45, 2.75) is 309 Å². The summed E-state index contributed by atoms with van der Waals surface area (Å²) in [5, 5.41) is 0. The van der Waals surface area contributed by atoms with Crippen LogP contribution in [-0.4, -0.2) is 37.2 Å². The number of carbonyl (C=O) groups is 3. The van der Waals surface area contributed by atoms with Crippen LogP contribution in [0.2, 0.25) is 0 Å². The molecule has 420 valence electrons. The van der Waals surface area contributed by atoms with Gasteiger partial charge in [-0.05, 0) is 96.3 Å². The van der Waals surface area contributed by atoms with Crippen molar-refractivity contribution in [1.29, 1.82) is 0 Å². The Balaban J connectivity index is 4.43. The first kappa shape index (κ1) is 69.6. The maximum absolute atomic E-state index is 12.9. The van der Waals surface area contributed by atoms with Gasteiger partial charge in [-0.3, -0.25) is 14.4 Å². The third kappa shape index (κ3) is 59.3. The Labute approximate surface area is 452 Å². The molecule has 6 heteroatoms. The van der Waals surface area contributed by atoms with Gasteiger partial charge in [0.1, 0.15) is 13.2 Å². The van der Waals surface area contributed by atoms with Gasteiger partial charge in [0, 0.05) is 19.3 Å². The van der Waals surface area contributed by atoms with Crippen molar-refractivity contribution in [1.82, 2.24) is 0 Å². The molecule has 0 saturated heterocycles. The van der Waals surface area contributed by atoms with Gasteiger partial charge in [-0.2, -0.15) is 0 Å². The van der Waals surface area contributed by atoms with Gasteiger partial charge in [0.2, 0.25) is 0 Å². The highest BCUT2D eigenvalue weighted by molar-refractivity contribution is 5.71. The van der Waals surface area contributed by atoms with Crippen molar-refractivity contribution in [3.8, 4) is 0 Å². The molecule has 0 amide bonds. The van der Waals surface area contributed by atoms with E-state index < -0.39 is 6.10 Å². The van der Waals surface area contributed by atoms with E-state index in [9.17, 15) is 14.4 Å². The summed E-state index contributed by atoms with van der Waals surface area (Å²) in [6.07, 6.45) is 80.0. The molecule has 0 N–H and O–H groups in total. The van der Waals surface area contributed by atoms with Crippen LogP contribution in [0, 0.1) is 0 Å². The van der Waals surface area contributed by atoms with Gasteiger partial charge in [0.05, 0.1) is 0 Å². The number of carbonyl (C=O) groups excluding carboxylic acids is 3. The Hall–Kier alpha value is -3.41. The lowest BCUT2D eigenvalue weighted by atomic mass is 10.0. The summed E-state index contributed by atoms with van der Waals surface area (Å²) in [6, 6.07) is 0. The summed E-state index contributed by atoms with van der Waals surface area (Å²) in [5.41, 5.74) is 0. The lowest BCUT2D eigenvalue weighted by molar-refractivity contribution is -0.167. The molecule has 0 heterocycles. The highest BCUT2D eigenvalue weighted by Crippen LogP contribution is 2.16. The lowest BCUT2D eigenvalue weighted by Gasteiger charge is -2.18. The molecule has 0 unspecified atom stereocenters. The maximum Gasteiger partial charge on any atom is 0.306 e. The second kappa shape index (κ2) is 61.1.